The van der Waals surface area contributed by atoms with Gasteiger partial charge in [-0.05, 0) is 38.6 Å². The second kappa shape index (κ2) is 6.68. The van der Waals surface area contributed by atoms with Gasteiger partial charge in [0, 0.05) is 19.2 Å². The molecule has 23 heavy (non-hydrogen) atoms. The molecule has 0 unspecified atom stereocenters. The van der Waals surface area contributed by atoms with Crippen molar-refractivity contribution in [2.45, 2.75) is 25.9 Å². The largest absolute Gasteiger partial charge is 0.497 e. The van der Waals surface area contributed by atoms with Gasteiger partial charge in [0.15, 0.2) is 0 Å². The SMILES string of the molecule is COc1ccc(F)c(-c2nc(CN(C)[C@@H]3CCOC3)c(C)o2)c1. The Morgan fingerprint density at radius 1 is 1.43 bits per heavy atom. The number of benzene rings is 1. The van der Waals surface area contributed by atoms with E-state index in [1.54, 1.807) is 19.2 Å². The number of methoxy groups -OCH3 is 1. The van der Waals surface area contributed by atoms with Gasteiger partial charge in [0.05, 0.1) is 25.0 Å². The third kappa shape index (κ3) is 3.38. The van der Waals surface area contributed by atoms with Crippen LogP contribution >= 0.6 is 0 Å². The Kier molecular flexibility index (Phi) is 4.63. The Hall–Kier alpha value is -1.92. The molecular weight excluding hydrogens is 299 g/mol. The summed E-state index contributed by atoms with van der Waals surface area (Å²) in [6.45, 7) is 4.04. The number of halogens is 1. The van der Waals surface area contributed by atoms with E-state index in [0.29, 0.717) is 29.7 Å². The number of aromatic nitrogens is 1. The summed E-state index contributed by atoms with van der Waals surface area (Å²) in [6, 6.07) is 4.92. The lowest BCUT2D eigenvalue weighted by Crippen LogP contribution is -2.31. The molecule has 0 saturated carbocycles. The molecule has 0 amide bonds. The number of rotatable bonds is 5. The summed E-state index contributed by atoms with van der Waals surface area (Å²) in [5.74, 6) is 1.17. The van der Waals surface area contributed by atoms with Crippen LogP contribution in [-0.2, 0) is 11.3 Å². The van der Waals surface area contributed by atoms with Crippen LogP contribution < -0.4 is 4.74 Å². The molecule has 0 radical (unpaired) electrons. The van der Waals surface area contributed by atoms with Gasteiger partial charge < -0.3 is 13.9 Å². The first-order chi connectivity index (χ1) is 11.1. The van der Waals surface area contributed by atoms with Gasteiger partial charge >= 0.3 is 0 Å². The van der Waals surface area contributed by atoms with Crippen molar-refractivity contribution >= 4 is 0 Å². The van der Waals surface area contributed by atoms with E-state index in [1.807, 2.05) is 14.0 Å². The van der Waals surface area contributed by atoms with Gasteiger partial charge in [0.25, 0.3) is 0 Å². The second-order valence-corrected chi connectivity index (χ2v) is 5.80. The van der Waals surface area contributed by atoms with Crippen molar-refractivity contribution in [3.63, 3.8) is 0 Å². The maximum absolute atomic E-state index is 14.1. The summed E-state index contributed by atoms with van der Waals surface area (Å²) in [4.78, 5) is 6.68. The Labute approximate surface area is 135 Å². The zero-order valence-corrected chi connectivity index (χ0v) is 13.6. The predicted octanol–water partition coefficient (Wildman–Crippen LogP) is 3.02. The van der Waals surface area contributed by atoms with Gasteiger partial charge in [-0.3, -0.25) is 4.90 Å². The van der Waals surface area contributed by atoms with E-state index < -0.39 is 0 Å². The number of nitrogens with zero attached hydrogens (tertiary/aromatic N) is 2. The van der Waals surface area contributed by atoms with Crippen molar-refractivity contribution in [1.29, 1.82) is 0 Å². The van der Waals surface area contributed by atoms with Gasteiger partial charge in [-0.15, -0.1) is 0 Å². The molecule has 1 aliphatic heterocycles. The molecule has 0 N–H and O–H groups in total. The average molecular weight is 320 g/mol. The van der Waals surface area contributed by atoms with Gasteiger partial charge in [-0.2, -0.15) is 0 Å². The van der Waals surface area contributed by atoms with Crippen LogP contribution in [0.15, 0.2) is 22.6 Å². The van der Waals surface area contributed by atoms with Crippen LogP contribution in [0.25, 0.3) is 11.5 Å². The fourth-order valence-electron chi connectivity index (χ4n) is 2.72. The number of hydrogen-bond acceptors (Lipinski definition) is 5. The zero-order chi connectivity index (χ0) is 16.4. The summed E-state index contributed by atoms with van der Waals surface area (Å²) in [5.41, 5.74) is 1.13. The van der Waals surface area contributed by atoms with Crippen LogP contribution in [-0.4, -0.2) is 43.3 Å². The molecule has 0 aliphatic carbocycles. The van der Waals surface area contributed by atoms with E-state index in [9.17, 15) is 4.39 Å². The molecule has 1 saturated heterocycles. The normalized spacial score (nSPS) is 17.9. The molecule has 2 heterocycles. The summed E-state index contributed by atoms with van der Waals surface area (Å²) < 4.78 is 30.3. The Balaban J connectivity index is 1.83. The molecule has 5 nitrogen and oxygen atoms in total. The predicted molar refractivity (Wildman–Crippen MR) is 83.9 cm³/mol. The molecule has 1 aromatic carbocycles. The van der Waals surface area contributed by atoms with Gasteiger partial charge in [-0.1, -0.05) is 0 Å². The zero-order valence-electron chi connectivity index (χ0n) is 13.6. The van der Waals surface area contributed by atoms with E-state index in [4.69, 9.17) is 13.9 Å². The molecule has 124 valence electrons. The topological polar surface area (TPSA) is 47.7 Å². The first-order valence-corrected chi connectivity index (χ1v) is 7.66. The van der Waals surface area contributed by atoms with Crippen molar-refractivity contribution in [3.05, 3.63) is 35.5 Å². The van der Waals surface area contributed by atoms with Crippen LogP contribution in [0.5, 0.6) is 5.75 Å². The Morgan fingerprint density at radius 3 is 2.96 bits per heavy atom. The van der Waals surface area contributed by atoms with E-state index in [1.165, 1.54) is 6.07 Å². The minimum absolute atomic E-state index is 0.282. The van der Waals surface area contributed by atoms with Crippen molar-refractivity contribution in [1.82, 2.24) is 9.88 Å². The summed E-state index contributed by atoms with van der Waals surface area (Å²) in [5, 5.41) is 0. The smallest absolute Gasteiger partial charge is 0.229 e. The first kappa shape index (κ1) is 16.0. The molecular formula is C17H21FN2O3. The maximum Gasteiger partial charge on any atom is 0.229 e. The number of ether oxygens (including phenoxy) is 2. The first-order valence-electron chi connectivity index (χ1n) is 7.66. The minimum atomic E-state index is -0.379. The monoisotopic (exact) mass is 320 g/mol. The van der Waals surface area contributed by atoms with Crippen molar-refractivity contribution in [3.8, 4) is 17.2 Å². The average Bonchev–Trinajstić information content (AvgIpc) is 3.18. The lowest BCUT2D eigenvalue weighted by atomic mass is 10.2. The van der Waals surface area contributed by atoms with Gasteiger partial charge in [-0.25, -0.2) is 9.37 Å². The van der Waals surface area contributed by atoms with E-state index in [0.717, 1.165) is 25.3 Å². The molecule has 0 spiro atoms. The maximum atomic E-state index is 14.1. The van der Waals surface area contributed by atoms with E-state index in [2.05, 4.69) is 9.88 Å². The number of aryl methyl sites for hydroxylation is 1. The fourth-order valence-corrected chi connectivity index (χ4v) is 2.72. The van der Waals surface area contributed by atoms with Crippen molar-refractivity contribution < 1.29 is 18.3 Å². The van der Waals surface area contributed by atoms with Crippen LogP contribution in [0, 0.1) is 12.7 Å². The van der Waals surface area contributed by atoms with Crippen LogP contribution in [0.4, 0.5) is 4.39 Å². The highest BCUT2D eigenvalue weighted by Crippen LogP contribution is 2.28. The summed E-state index contributed by atoms with van der Waals surface area (Å²) in [6.07, 6.45) is 1.02. The fraction of sp³-hybridized carbons (Fsp3) is 0.471. The Morgan fingerprint density at radius 2 is 2.26 bits per heavy atom. The molecule has 1 atom stereocenters. The molecule has 2 aromatic rings. The summed E-state index contributed by atoms with van der Waals surface area (Å²) >= 11 is 0. The van der Waals surface area contributed by atoms with Crippen LogP contribution in [0.3, 0.4) is 0 Å². The van der Waals surface area contributed by atoms with E-state index >= 15 is 0 Å². The number of hydrogen-bond donors (Lipinski definition) is 0. The molecule has 1 fully saturated rings. The molecule has 6 heteroatoms. The lowest BCUT2D eigenvalue weighted by molar-refractivity contribution is 0.155. The summed E-state index contributed by atoms with van der Waals surface area (Å²) in [7, 11) is 3.58. The lowest BCUT2D eigenvalue weighted by Gasteiger charge is -2.21. The highest BCUT2D eigenvalue weighted by molar-refractivity contribution is 5.57. The number of oxazole rings is 1. The second-order valence-electron chi connectivity index (χ2n) is 5.80. The number of likely N-dealkylation sites (N-methyl/N-ethyl adjacent to an activating group) is 1. The molecule has 1 aromatic heterocycles. The Bertz CT molecular complexity index is 680. The van der Waals surface area contributed by atoms with Gasteiger partial charge in [0.1, 0.15) is 17.3 Å². The third-order valence-electron chi connectivity index (χ3n) is 4.22. The van der Waals surface area contributed by atoms with E-state index in [-0.39, 0.29) is 11.7 Å². The third-order valence-corrected chi connectivity index (χ3v) is 4.22. The van der Waals surface area contributed by atoms with Gasteiger partial charge in [0.2, 0.25) is 5.89 Å². The molecule has 0 bridgehead atoms. The highest BCUT2D eigenvalue weighted by atomic mass is 19.1. The van der Waals surface area contributed by atoms with Crippen molar-refractivity contribution in [2.75, 3.05) is 27.4 Å². The standard InChI is InChI=1S/C17H21FN2O3/c1-11-16(9-20(2)12-6-7-22-10-12)19-17(23-11)14-8-13(21-3)4-5-15(14)18/h4-5,8,12H,6-7,9-10H2,1-3H3/t12-/m1/s1. The van der Waals surface area contributed by atoms with Crippen molar-refractivity contribution in [2.24, 2.45) is 0 Å². The molecule has 3 rings (SSSR count). The van der Waals surface area contributed by atoms with Crippen LogP contribution in [0.1, 0.15) is 17.9 Å². The minimum Gasteiger partial charge on any atom is -0.497 e. The van der Waals surface area contributed by atoms with Crippen LogP contribution in [0.2, 0.25) is 0 Å². The quantitative estimate of drug-likeness (QED) is 0.847. The highest BCUT2D eigenvalue weighted by Gasteiger charge is 2.23. The molecule has 1 aliphatic rings.